The number of H-pyrrole nitrogens is 1. The quantitative estimate of drug-likeness (QED) is 0.290. The molecule has 2 atom stereocenters. The third-order valence-corrected chi connectivity index (χ3v) is 10.5. The van der Waals surface area contributed by atoms with Gasteiger partial charge in [0, 0.05) is 24.2 Å². The molecule has 2 fully saturated rings. The van der Waals surface area contributed by atoms with E-state index in [1.54, 1.807) is 0 Å². The van der Waals surface area contributed by atoms with Crippen LogP contribution in [0.5, 0.6) is 0 Å². The summed E-state index contributed by atoms with van der Waals surface area (Å²) in [5.74, 6) is -18.6. The molecule has 1 aromatic carbocycles. The number of imidazole rings is 1. The summed E-state index contributed by atoms with van der Waals surface area (Å²) in [6, 6.07) is 1.30. The summed E-state index contributed by atoms with van der Waals surface area (Å²) < 4.78 is 129. The molecule has 19 heteroatoms. The molecule has 47 heavy (non-hydrogen) atoms. The minimum atomic E-state index is -4.55. The molecule has 0 bridgehead atoms. The summed E-state index contributed by atoms with van der Waals surface area (Å²) in [6.07, 6.45) is -1.63. The molecule has 3 heterocycles. The molecule has 1 aliphatic heterocycles. The fraction of sp³-hybridized carbons (Fsp3) is 0.607. The number of hydrogen-bond donors (Lipinski definition) is 2. The van der Waals surface area contributed by atoms with E-state index in [0.29, 0.717) is 0 Å². The summed E-state index contributed by atoms with van der Waals surface area (Å²) in [6.45, 7) is -0.508. The van der Waals surface area contributed by atoms with Crippen molar-refractivity contribution in [1.82, 2.24) is 30.5 Å². The topological polar surface area (TPSA) is 151 Å². The van der Waals surface area contributed by atoms with Crippen LogP contribution in [0.2, 0.25) is 0 Å². The van der Waals surface area contributed by atoms with Crippen LogP contribution in [0.1, 0.15) is 78.6 Å². The average Bonchev–Trinajstić information content (AvgIpc) is 3.68. The highest BCUT2D eigenvalue weighted by atomic mass is 32.2. The fourth-order valence-electron chi connectivity index (χ4n) is 5.94. The van der Waals surface area contributed by atoms with Crippen molar-refractivity contribution >= 4 is 32.7 Å². The van der Waals surface area contributed by atoms with E-state index in [9.17, 15) is 44.3 Å². The number of carbonyl (C=O) groups excluding carboxylic acids is 2. The van der Waals surface area contributed by atoms with Crippen molar-refractivity contribution < 1.29 is 53.4 Å². The third-order valence-electron chi connectivity index (χ3n) is 8.78. The fourth-order valence-corrected chi connectivity index (χ4v) is 6.83. The van der Waals surface area contributed by atoms with Gasteiger partial charge in [-0.2, -0.15) is 17.6 Å². The Balaban J connectivity index is 1.52. The normalized spacial score (nSPS) is 20.7. The molecule has 1 saturated heterocycles. The smallest absolute Gasteiger partial charge is 0.329 e. The summed E-state index contributed by atoms with van der Waals surface area (Å²) in [5, 5.41) is 9.76. The number of likely N-dealkylation sites (tertiary alicyclic amines) is 1. The second-order valence-corrected chi connectivity index (χ2v) is 14.5. The van der Waals surface area contributed by atoms with Crippen LogP contribution < -0.4 is 5.32 Å². The van der Waals surface area contributed by atoms with Crippen molar-refractivity contribution in [3.05, 3.63) is 40.7 Å². The molecule has 1 saturated carbocycles. The molecule has 2 aromatic heterocycles. The molecule has 3 aromatic rings. The lowest BCUT2D eigenvalue weighted by atomic mass is 9.81. The van der Waals surface area contributed by atoms with Gasteiger partial charge in [0.1, 0.15) is 26.9 Å². The van der Waals surface area contributed by atoms with Crippen molar-refractivity contribution in [2.75, 3.05) is 24.6 Å². The SMILES string of the molecule is CCS(=O)(=O)CC[C@@H](C(=O)N1CC(F)(F)C(F)(F)C1)c1ccc2[nH]c([C@@H](NC(=O)c3nonc3C)C3CCC(F)(F)CC3)nc2c1F. The van der Waals surface area contributed by atoms with Gasteiger partial charge in [-0.3, -0.25) is 9.59 Å². The maximum atomic E-state index is 16.2. The Labute approximate surface area is 263 Å². The summed E-state index contributed by atoms with van der Waals surface area (Å²) in [5.41, 5.74) is -0.862. The maximum Gasteiger partial charge on any atom is 0.329 e. The van der Waals surface area contributed by atoms with E-state index in [-0.39, 0.29) is 46.2 Å². The molecule has 0 spiro atoms. The standard InChI is InChI=1S/C28H31F7N6O5S/c1-3-47(44,45)11-8-17(25(43)41-12-27(32,33)28(34,35)13-41)16-4-5-18-22(19(16)29)37-23(36-18)21(15-6-9-26(30,31)10-7-15)38-24(42)20-14(2)39-46-40-20/h4-5,15,17,21H,3,6-13H2,1-2H3,(H,36,37)(H,38,42)/t17-,21+/m1/s1. The van der Waals surface area contributed by atoms with Gasteiger partial charge >= 0.3 is 11.8 Å². The van der Waals surface area contributed by atoms with Crippen LogP contribution in [-0.2, 0) is 14.6 Å². The number of nitrogens with one attached hydrogen (secondary N) is 2. The Morgan fingerprint density at radius 1 is 1.09 bits per heavy atom. The number of benzene rings is 1. The molecule has 1 aliphatic carbocycles. The first kappa shape index (κ1) is 34.6. The summed E-state index contributed by atoms with van der Waals surface area (Å²) >= 11 is 0. The van der Waals surface area contributed by atoms with Crippen molar-refractivity contribution in [1.29, 1.82) is 0 Å². The minimum absolute atomic E-state index is 0.0348. The molecule has 2 N–H and O–H groups in total. The van der Waals surface area contributed by atoms with Crippen molar-refractivity contribution in [3.63, 3.8) is 0 Å². The van der Waals surface area contributed by atoms with E-state index in [2.05, 4.69) is 30.2 Å². The van der Waals surface area contributed by atoms with Crippen LogP contribution in [-0.4, -0.2) is 87.8 Å². The van der Waals surface area contributed by atoms with Gasteiger partial charge in [-0.15, -0.1) is 0 Å². The second-order valence-electron chi connectivity index (χ2n) is 12.0. The molecular weight excluding hydrogens is 665 g/mol. The number of fused-ring (bicyclic) bond motifs is 1. The minimum Gasteiger partial charge on any atom is -0.340 e. The van der Waals surface area contributed by atoms with Gasteiger partial charge in [0.05, 0.1) is 36.3 Å². The number of carbonyl (C=O) groups is 2. The van der Waals surface area contributed by atoms with E-state index in [1.807, 2.05) is 0 Å². The van der Waals surface area contributed by atoms with Crippen LogP contribution in [0.25, 0.3) is 11.0 Å². The Bertz CT molecular complexity index is 1750. The monoisotopic (exact) mass is 696 g/mol. The molecule has 5 rings (SSSR count). The molecule has 2 amide bonds. The van der Waals surface area contributed by atoms with Gasteiger partial charge < -0.3 is 15.2 Å². The number of nitrogens with zero attached hydrogens (tertiary/aromatic N) is 4. The number of hydrogen-bond acceptors (Lipinski definition) is 8. The Kier molecular flexibility index (Phi) is 9.08. The van der Waals surface area contributed by atoms with Crippen molar-refractivity contribution in [2.24, 2.45) is 5.92 Å². The molecule has 2 aliphatic rings. The van der Waals surface area contributed by atoms with E-state index in [1.165, 1.54) is 19.9 Å². The van der Waals surface area contributed by atoms with E-state index < -0.39 is 112 Å². The van der Waals surface area contributed by atoms with Crippen molar-refractivity contribution in [3.8, 4) is 0 Å². The van der Waals surface area contributed by atoms with E-state index >= 15 is 4.39 Å². The number of aromatic amines is 1. The molecule has 0 unspecified atom stereocenters. The highest BCUT2D eigenvalue weighted by molar-refractivity contribution is 7.91. The number of alkyl halides is 6. The first-order chi connectivity index (χ1) is 21.8. The molecule has 258 valence electrons. The largest absolute Gasteiger partial charge is 0.340 e. The Morgan fingerprint density at radius 2 is 1.72 bits per heavy atom. The lowest BCUT2D eigenvalue weighted by molar-refractivity contribution is -0.172. The predicted octanol–water partition coefficient (Wildman–Crippen LogP) is 4.71. The number of sulfone groups is 1. The lowest BCUT2D eigenvalue weighted by Crippen LogP contribution is -2.38. The third kappa shape index (κ3) is 6.94. The van der Waals surface area contributed by atoms with Gasteiger partial charge in [0.2, 0.25) is 11.8 Å². The van der Waals surface area contributed by atoms with Crippen LogP contribution in [0.4, 0.5) is 30.7 Å². The first-order valence-corrected chi connectivity index (χ1v) is 16.6. The lowest BCUT2D eigenvalue weighted by Gasteiger charge is -2.33. The zero-order valence-corrected chi connectivity index (χ0v) is 26.0. The molecule has 0 radical (unpaired) electrons. The summed E-state index contributed by atoms with van der Waals surface area (Å²) in [7, 11) is -3.76. The van der Waals surface area contributed by atoms with Gasteiger partial charge in [-0.25, -0.2) is 31.2 Å². The van der Waals surface area contributed by atoms with Gasteiger partial charge in [0.15, 0.2) is 11.5 Å². The maximum absolute atomic E-state index is 16.2. The number of amides is 2. The zero-order chi connectivity index (χ0) is 34.5. The predicted molar refractivity (Wildman–Crippen MR) is 150 cm³/mol. The van der Waals surface area contributed by atoms with Gasteiger partial charge in [0.25, 0.3) is 5.91 Å². The number of aryl methyl sites for hydroxylation is 1. The van der Waals surface area contributed by atoms with Crippen LogP contribution in [0.3, 0.4) is 0 Å². The van der Waals surface area contributed by atoms with E-state index in [4.69, 9.17) is 0 Å². The zero-order valence-electron chi connectivity index (χ0n) is 25.1. The second kappa shape index (κ2) is 12.4. The first-order valence-electron chi connectivity index (χ1n) is 14.8. The van der Waals surface area contributed by atoms with Crippen LogP contribution in [0.15, 0.2) is 16.8 Å². The van der Waals surface area contributed by atoms with Crippen LogP contribution >= 0.6 is 0 Å². The Hall–Kier alpha value is -3.77. The molecule has 11 nitrogen and oxygen atoms in total. The van der Waals surface area contributed by atoms with Crippen LogP contribution in [0, 0.1) is 18.7 Å². The highest BCUT2D eigenvalue weighted by Crippen LogP contribution is 2.44. The van der Waals surface area contributed by atoms with Gasteiger partial charge in [-0.1, -0.05) is 18.1 Å². The average molecular weight is 697 g/mol. The highest BCUT2D eigenvalue weighted by Gasteiger charge is 2.64. The molecular formula is C28H31F7N6O5S. The number of halogens is 7. The summed E-state index contributed by atoms with van der Waals surface area (Å²) in [4.78, 5) is 33.8. The van der Waals surface area contributed by atoms with Gasteiger partial charge in [-0.05, 0) is 43.3 Å². The number of aromatic nitrogens is 4. The van der Waals surface area contributed by atoms with E-state index in [0.717, 1.165) is 6.07 Å². The number of rotatable bonds is 10. The Morgan fingerprint density at radius 3 is 2.30 bits per heavy atom. The van der Waals surface area contributed by atoms with Crippen molar-refractivity contribution in [2.45, 2.75) is 75.7 Å².